The lowest BCUT2D eigenvalue weighted by atomic mass is 10.0. The second-order valence-electron chi connectivity index (χ2n) is 7.68. The molecule has 0 fully saturated rings. The minimum absolute atomic E-state index is 0.757. The standard InChI is InChI=1S/C28H32O/c1-3-5-6-7-8-9-23-10-12-24(13-11-23)14-15-25-16-17-27-22-28(29-20-4-2)19-18-26(27)21-25/h10-13,16-19,21-22H,3-9,20H2,1-2H3. The van der Waals surface area contributed by atoms with Gasteiger partial charge in [-0.1, -0.05) is 75.6 Å². The van der Waals surface area contributed by atoms with E-state index in [9.17, 15) is 0 Å². The van der Waals surface area contributed by atoms with Gasteiger partial charge in [0, 0.05) is 11.1 Å². The summed E-state index contributed by atoms with van der Waals surface area (Å²) < 4.78 is 5.72. The molecule has 0 spiro atoms. The number of unbranched alkanes of at least 4 members (excludes halogenated alkanes) is 4. The minimum atomic E-state index is 0.757. The van der Waals surface area contributed by atoms with E-state index in [1.165, 1.54) is 54.9 Å². The molecule has 1 nitrogen and oxygen atoms in total. The van der Waals surface area contributed by atoms with Gasteiger partial charge in [0.05, 0.1) is 6.61 Å². The van der Waals surface area contributed by atoms with Crippen LogP contribution in [0, 0.1) is 11.8 Å². The molecule has 29 heavy (non-hydrogen) atoms. The van der Waals surface area contributed by atoms with Crippen molar-refractivity contribution in [1.82, 2.24) is 0 Å². The topological polar surface area (TPSA) is 9.23 Å². The van der Waals surface area contributed by atoms with Crippen molar-refractivity contribution in [2.24, 2.45) is 0 Å². The van der Waals surface area contributed by atoms with Crippen LogP contribution < -0.4 is 4.74 Å². The van der Waals surface area contributed by atoms with E-state index >= 15 is 0 Å². The van der Waals surface area contributed by atoms with Gasteiger partial charge >= 0.3 is 0 Å². The first-order valence-electron chi connectivity index (χ1n) is 11.1. The van der Waals surface area contributed by atoms with Gasteiger partial charge < -0.3 is 4.74 Å². The Bertz CT molecular complexity index is 957. The summed E-state index contributed by atoms with van der Waals surface area (Å²) in [6.07, 6.45) is 8.84. The van der Waals surface area contributed by atoms with Gasteiger partial charge in [-0.05, 0) is 72.0 Å². The van der Waals surface area contributed by atoms with Gasteiger partial charge in [0.1, 0.15) is 5.75 Å². The maximum absolute atomic E-state index is 5.72. The fourth-order valence-corrected chi connectivity index (χ4v) is 3.44. The van der Waals surface area contributed by atoms with Crippen LogP contribution in [-0.2, 0) is 6.42 Å². The third-order valence-corrected chi connectivity index (χ3v) is 5.16. The van der Waals surface area contributed by atoms with Crippen molar-refractivity contribution in [3.63, 3.8) is 0 Å². The molecule has 150 valence electrons. The number of hydrogen-bond acceptors (Lipinski definition) is 1. The molecule has 3 rings (SSSR count). The summed E-state index contributed by atoms with van der Waals surface area (Å²) in [5.41, 5.74) is 3.53. The number of rotatable bonds is 9. The first-order chi connectivity index (χ1) is 14.3. The lowest BCUT2D eigenvalue weighted by Crippen LogP contribution is -1.94. The molecular formula is C28H32O. The molecule has 0 aliphatic heterocycles. The van der Waals surface area contributed by atoms with Gasteiger partial charge in [-0.25, -0.2) is 0 Å². The van der Waals surface area contributed by atoms with E-state index in [-0.39, 0.29) is 0 Å². The fraction of sp³-hybridized carbons (Fsp3) is 0.357. The van der Waals surface area contributed by atoms with Gasteiger partial charge in [0.15, 0.2) is 0 Å². The first kappa shape index (κ1) is 21.0. The fourth-order valence-electron chi connectivity index (χ4n) is 3.44. The lowest BCUT2D eigenvalue weighted by molar-refractivity contribution is 0.318. The Morgan fingerprint density at radius 3 is 2.14 bits per heavy atom. The molecule has 0 amide bonds. The highest BCUT2D eigenvalue weighted by Crippen LogP contribution is 2.22. The van der Waals surface area contributed by atoms with Gasteiger partial charge in [-0.2, -0.15) is 0 Å². The Labute approximate surface area is 176 Å². The van der Waals surface area contributed by atoms with Gasteiger partial charge in [0.25, 0.3) is 0 Å². The van der Waals surface area contributed by atoms with E-state index in [1.54, 1.807) is 0 Å². The highest BCUT2D eigenvalue weighted by Gasteiger charge is 1.99. The number of benzene rings is 3. The summed E-state index contributed by atoms with van der Waals surface area (Å²) in [7, 11) is 0. The Morgan fingerprint density at radius 1 is 0.655 bits per heavy atom. The Hall–Kier alpha value is -2.72. The Morgan fingerprint density at radius 2 is 1.34 bits per heavy atom. The van der Waals surface area contributed by atoms with Crippen molar-refractivity contribution in [3.8, 4) is 17.6 Å². The second-order valence-corrected chi connectivity index (χ2v) is 7.68. The van der Waals surface area contributed by atoms with Gasteiger partial charge in [-0.15, -0.1) is 0 Å². The SMILES string of the molecule is CCCCCCCc1ccc(C#Cc2ccc3cc(OCCC)ccc3c2)cc1. The molecule has 0 bridgehead atoms. The summed E-state index contributed by atoms with van der Waals surface area (Å²) in [5.74, 6) is 7.54. The average Bonchev–Trinajstić information content (AvgIpc) is 2.76. The normalized spacial score (nSPS) is 10.6. The quantitative estimate of drug-likeness (QED) is 0.273. The number of hydrogen-bond donors (Lipinski definition) is 0. The summed E-state index contributed by atoms with van der Waals surface area (Å²) >= 11 is 0. The molecule has 0 radical (unpaired) electrons. The molecule has 0 saturated carbocycles. The van der Waals surface area contributed by atoms with Crippen molar-refractivity contribution < 1.29 is 4.74 Å². The lowest BCUT2D eigenvalue weighted by Gasteiger charge is -2.06. The molecule has 0 saturated heterocycles. The van der Waals surface area contributed by atoms with E-state index in [4.69, 9.17) is 4.74 Å². The summed E-state index contributed by atoms with van der Waals surface area (Å²) in [4.78, 5) is 0. The molecular weight excluding hydrogens is 352 g/mol. The maximum Gasteiger partial charge on any atom is 0.119 e. The highest BCUT2D eigenvalue weighted by atomic mass is 16.5. The molecule has 0 aliphatic rings. The maximum atomic E-state index is 5.72. The van der Waals surface area contributed by atoms with E-state index in [2.05, 4.69) is 80.3 Å². The van der Waals surface area contributed by atoms with Crippen LogP contribution in [0.15, 0.2) is 60.7 Å². The van der Waals surface area contributed by atoms with Crippen LogP contribution in [0.3, 0.4) is 0 Å². The summed E-state index contributed by atoms with van der Waals surface area (Å²) in [6, 6.07) is 21.4. The van der Waals surface area contributed by atoms with Gasteiger partial charge in [0.2, 0.25) is 0 Å². The molecule has 0 unspecified atom stereocenters. The molecule has 0 N–H and O–H groups in total. The molecule has 0 aromatic heterocycles. The number of aryl methyl sites for hydroxylation is 1. The smallest absolute Gasteiger partial charge is 0.119 e. The van der Waals surface area contributed by atoms with Crippen molar-refractivity contribution >= 4 is 10.8 Å². The van der Waals surface area contributed by atoms with E-state index in [0.717, 1.165) is 29.9 Å². The van der Waals surface area contributed by atoms with Crippen LogP contribution in [0.1, 0.15) is 69.1 Å². The average molecular weight is 385 g/mol. The van der Waals surface area contributed by atoms with Crippen LogP contribution in [0.5, 0.6) is 5.75 Å². The van der Waals surface area contributed by atoms with E-state index in [0.29, 0.717) is 0 Å². The van der Waals surface area contributed by atoms with Crippen LogP contribution in [-0.4, -0.2) is 6.61 Å². The third-order valence-electron chi connectivity index (χ3n) is 5.16. The van der Waals surface area contributed by atoms with Crippen LogP contribution in [0.2, 0.25) is 0 Å². The predicted octanol–water partition coefficient (Wildman–Crippen LogP) is 7.54. The van der Waals surface area contributed by atoms with Crippen molar-refractivity contribution in [3.05, 3.63) is 77.4 Å². The van der Waals surface area contributed by atoms with Gasteiger partial charge in [-0.3, -0.25) is 0 Å². The monoisotopic (exact) mass is 384 g/mol. The Kier molecular flexibility index (Phi) is 8.20. The zero-order valence-corrected chi connectivity index (χ0v) is 17.8. The molecule has 0 heterocycles. The molecule has 3 aromatic rings. The van der Waals surface area contributed by atoms with E-state index in [1.807, 2.05) is 6.07 Å². The van der Waals surface area contributed by atoms with Crippen molar-refractivity contribution in [1.29, 1.82) is 0 Å². The van der Waals surface area contributed by atoms with Crippen LogP contribution in [0.25, 0.3) is 10.8 Å². The molecule has 0 aliphatic carbocycles. The molecule has 1 heteroatoms. The summed E-state index contributed by atoms with van der Waals surface area (Å²) in [5, 5.41) is 2.38. The Balaban J connectivity index is 1.60. The van der Waals surface area contributed by atoms with Crippen LogP contribution >= 0.6 is 0 Å². The third kappa shape index (κ3) is 6.68. The number of fused-ring (bicyclic) bond motifs is 1. The minimum Gasteiger partial charge on any atom is -0.494 e. The van der Waals surface area contributed by atoms with Crippen molar-refractivity contribution in [2.75, 3.05) is 6.61 Å². The largest absolute Gasteiger partial charge is 0.494 e. The first-order valence-corrected chi connectivity index (χ1v) is 11.1. The van der Waals surface area contributed by atoms with Crippen LogP contribution in [0.4, 0.5) is 0 Å². The highest BCUT2D eigenvalue weighted by molar-refractivity contribution is 5.85. The van der Waals surface area contributed by atoms with E-state index < -0.39 is 0 Å². The molecule has 3 aromatic carbocycles. The molecule has 0 atom stereocenters. The summed E-state index contributed by atoms with van der Waals surface area (Å²) in [6.45, 7) is 5.14. The van der Waals surface area contributed by atoms with Crippen molar-refractivity contribution in [2.45, 2.75) is 58.8 Å². The zero-order valence-electron chi connectivity index (χ0n) is 17.8. The predicted molar refractivity (Wildman–Crippen MR) is 125 cm³/mol. The zero-order chi connectivity index (χ0) is 20.3. The second kappa shape index (κ2) is 11.3. The number of ether oxygens (including phenoxy) is 1.